The van der Waals surface area contributed by atoms with E-state index in [1.807, 2.05) is 0 Å². The monoisotopic (exact) mass is 404 g/mol. The highest BCUT2D eigenvalue weighted by Gasteiger charge is 2.24. The third-order valence-corrected chi connectivity index (χ3v) is 4.13. The fourth-order valence-electron chi connectivity index (χ4n) is 2.78. The lowest BCUT2D eigenvalue weighted by atomic mass is 10.1. The van der Waals surface area contributed by atoms with Crippen LogP contribution in [-0.4, -0.2) is 48.0 Å². The number of aromatic amines is 1. The molecule has 0 aliphatic heterocycles. The second kappa shape index (κ2) is 9.00. The predicted octanol–water partition coefficient (Wildman–Crippen LogP) is 2.76. The van der Waals surface area contributed by atoms with Crippen molar-refractivity contribution in [1.29, 1.82) is 0 Å². The Bertz CT molecular complexity index is 977. The number of aromatic nitrogens is 1. The summed E-state index contributed by atoms with van der Waals surface area (Å²) < 4.78 is 14.9. The largest absolute Gasteiger partial charge is 0.478 e. The second-order valence-electron chi connectivity index (χ2n) is 5.99. The molecule has 1 aromatic carbocycles. The molecular formula is C19H20N2O8. The van der Waals surface area contributed by atoms with Crippen molar-refractivity contribution >= 4 is 23.4 Å². The van der Waals surface area contributed by atoms with E-state index in [9.17, 15) is 24.5 Å². The van der Waals surface area contributed by atoms with Crippen LogP contribution >= 0.6 is 0 Å². The lowest BCUT2D eigenvalue weighted by Gasteiger charge is -2.08. The molecule has 0 fully saturated rings. The van der Waals surface area contributed by atoms with Crippen LogP contribution in [0.25, 0.3) is 0 Å². The first kappa shape index (κ1) is 21.6. The van der Waals surface area contributed by atoms with Gasteiger partial charge in [-0.2, -0.15) is 0 Å². The molecule has 0 saturated heterocycles. The molecule has 0 saturated carbocycles. The molecule has 1 heterocycles. The van der Waals surface area contributed by atoms with Crippen LogP contribution < -0.4 is 4.74 Å². The molecule has 10 heteroatoms. The van der Waals surface area contributed by atoms with Gasteiger partial charge in [0.2, 0.25) is 5.78 Å². The van der Waals surface area contributed by atoms with Crippen molar-refractivity contribution in [1.82, 2.24) is 4.98 Å². The maximum absolute atomic E-state index is 12.6. The summed E-state index contributed by atoms with van der Waals surface area (Å²) in [6.07, 6.45) is 0. The highest BCUT2D eigenvalue weighted by molar-refractivity contribution is 6.02. The molecule has 0 spiro atoms. The molecule has 0 atom stereocenters. The lowest BCUT2D eigenvalue weighted by Crippen LogP contribution is -2.15. The van der Waals surface area contributed by atoms with Gasteiger partial charge in [0.25, 0.3) is 0 Å². The Morgan fingerprint density at radius 2 is 1.86 bits per heavy atom. The minimum Gasteiger partial charge on any atom is -0.478 e. The van der Waals surface area contributed by atoms with Gasteiger partial charge in [0.15, 0.2) is 12.4 Å². The number of nitrogens with zero attached hydrogens (tertiary/aromatic N) is 1. The summed E-state index contributed by atoms with van der Waals surface area (Å²) in [5, 5.41) is 11.2. The van der Waals surface area contributed by atoms with Crippen LogP contribution in [0.15, 0.2) is 18.2 Å². The van der Waals surface area contributed by atoms with Crippen molar-refractivity contribution in [3.8, 4) is 5.75 Å². The van der Waals surface area contributed by atoms with Crippen LogP contribution in [0.5, 0.6) is 5.75 Å². The number of ketones is 1. The molecule has 2 aromatic rings. The third-order valence-electron chi connectivity index (χ3n) is 4.13. The summed E-state index contributed by atoms with van der Waals surface area (Å²) in [4.78, 5) is 49.6. The van der Waals surface area contributed by atoms with Crippen LogP contribution in [0.2, 0.25) is 0 Å². The zero-order valence-electron chi connectivity index (χ0n) is 16.4. The number of nitro benzene ring substituents is 1. The van der Waals surface area contributed by atoms with Gasteiger partial charge >= 0.3 is 17.6 Å². The average molecular weight is 404 g/mol. The predicted molar refractivity (Wildman–Crippen MR) is 100 cm³/mol. The van der Waals surface area contributed by atoms with Crippen LogP contribution in [0, 0.1) is 24.0 Å². The number of H-pyrrole nitrogens is 1. The van der Waals surface area contributed by atoms with Gasteiger partial charge in [-0.15, -0.1) is 0 Å². The summed E-state index contributed by atoms with van der Waals surface area (Å²) in [5.74, 6) is -2.04. The standard InChI is InChI=1S/C19H20N2O8/c1-5-28-19(24)16-10(2)17(20-11(16)3)14(22)9-29-15-8-12(18(23)27-4)6-7-13(15)21(25)26/h6-8,20H,5,9H2,1-4H3. The van der Waals surface area contributed by atoms with Crippen molar-refractivity contribution in [2.75, 3.05) is 20.3 Å². The fourth-order valence-corrected chi connectivity index (χ4v) is 2.78. The van der Waals surface area contributed by atoms with Crippen LogP contribution in [0.3, 0.4) is 0 Å². The third kappa shape index (κ3) is 4.60. The summed E-state index contributed by atoms with van der Waals surface area (Å²) >= 11 is 0. The Morgan fingerprint density at radius 3 is 2.45 bits per heavy atom. The van der Waals surface area contributed by atoms with Gasteiger partial charge in [-0.05, 0) is 32.4 Å². The molecule has 29 heavy (non-hydrogen) atoms. The quantitative estimate of drug-likeness (QED) is 0.307. The number of rotatable bonds is 8. The first-order valence-corrected chi connectivity index (χ1v) is 8.60. The molecule has 0 amide bonds. The molecule has 1 aromatic heterocycles. The number of carbonyl (C=O) groups excluding carboxylic acids is 3. The molecule has 0 bridgehead atoms. The smallest absolute Gasteiger partial charge is 0.340 e. The molecular weight excluding hydrogens is 384 g/mol. The number of nitro groups is 1. The van der Waals surface area contributed by atoms with Crippen LogP contribution in [-0.2, 0) is 9.47 Å². The van der Waals surface area contributed by atoms with E-state index in [4.69, 9.17) is 9.47 Å². The van der Waals surface area contributed by atoms with E-state index < -0.39 is 34.9 Å². The Balaban J connectivity index is 2.27. The number of esters is 2. The Morgan fingerprint density at radius 1 is 1.17 bits per heavy atom. The first-order chi connectivity index (χ1) is 13.7. The summed E-state index contributed by atoms with van der Waals surface area (Å²) in [6, 6.07) is 3.45. The summed E-state index contributed by atoms with van der Waals surface area (Å²) in [6.45, 7) is 4.53. The molecule has 2 rings (SSSR count). The van der Waals surface area contributed by atoms with Crippen LogP contribution in [0.1, 0.15) is 49.4 Å². The van der Waals surface area contributed by atoms with Gasteiger partial charge in [0.05, 0.1) is 35.5 Å². The maximum atomic E-state index is 12.6. The van der Waals surface area contributed by atoms with Crippen molar-refractivity contribution in [2.45, 2.75) is 20.8 Å². The molecule has 1 N–H and O–H groups in total. The molecule has 10 nitrogen and oxygen atoms in total. The fraction of sp³-hybridized carbons (Fsp3) is 0.316. The lowest BCUT2D eigenvalue weighted by molar-refractivity contribution is -0.385. The molecule has 154 valence electrons. The molecule has 0 aliphatic carbocycles. The van der Waals surface area contributed by atoms with E-state index in [1.165, 1.54) is 13.2 Å². The molecule has 0 unspecified atom stereocenters. The minimum absolute atomic E-state index is 0.0389. The second-order valence-corrected chi connectivity index (χ2v) is 5.99. The topological polar surface area (TPSA) is 138 Å². The van der Waals surface area contributed by atoms with E-state index >= 15 is 0 Å². The Hall–Kier alpha value is -3.69. The zero-order valence-corrected chi connectivity index (χ0v) is 16.4. The van der Waals surface area contributed by atoms with Crippen molar-refractivity contribution in [3.63, 3.8) is 0 Å². The van der Waals surface area contributed by atoms with E-state index in [0.29, 0.717) is 11.3 Å². The normalized spacial score (nSPS) is 10.3. The van der Waals surface area contributed by atoms with Gasteiger partial charge in [0.1, 0.15) is 0 Å². The maximum Gasteiger partial charge on any atom is 0.340 e. The van der Waals surface area contributed by atoms with Gasteiger partial charge < -0.3 is 19.2 Å². The highest BCUT2D eigenvalue weighted by Crippen LogP contribution is 2.29. The van der Waals surface area contributed by atoms with Gasteiger partial charge in [-0.1, -0.05) is 0 Å². The average Bonchev–Trinajstić information content (AvgIpc) is 2.99. The number of hydrogen-bond acceptors (Lipinski definition) is 8. The summed E-state index contributed by atoms with van der Waals surface area (Å²) in [5.41, 5.74) is 0.885. The highest BCUT2D eigenvalue weighted by atomic mass is 16.6. The number of hydrogen-bond donors (Lipinski definition) is 1. The molecule has 0 aliphatic rings. The van der Waals surface area contributed by atoms with Gasteiger partial charge in [0, 0.05) is 17.8 Å². The zero-order chi connectivity index (χ0) is 21.7. The number of aryl methyl sites for hydroxylation is 1. The van der Waals surface area contributed by atoms with Crippen molar-refractivity contribution in [3.05, 3.63) is 56.4 Å². The van der Waals surface area contributed by atoms with Gasteiger partial charge in [-0.3, -0.25) is 14.9 Å². The number of methoxy groups -OCH3 is 1. The Labute approximate surface area is 165 Å². The Kier molecular flexibility index (Phi) is 6.71. The van der Waals surface area contributed by atoms with E-state index in [0.717, 1.165) is 12.1 Å². The van der Waals surface area contributed by atoms with Crippen molar-refractivity contribution < 1.29 is 33.5 Å². The SMILES string of the molecule is CCOC(=O)c1c(C)[nH]c(C(=O)COc2cc(C(=O)OC)ccc2[N+](=O)[O-])c1C. The van der Waals surface area contributed by atoms with Crippen LogP contribution in [0.4, 0.5) is 5.69 Å². The van der Waals surface area contributed by atoms with Gasteiger partial charge in [-0.25, -0.2) is 9.59 Å². The van der Waals surface area contributed by atoms with E-state index in [-0.39, 0.29) is 29.2 Å². The van der Waals surface area contributed by atoms with E-state index in [1.54, 1.807) is 20.8 Å². The van der Waals surface area contributed by atoms with E-state index in [2.05, 4.69) is 9.72 Å². The number of carbonyl (C=O) groups is 3. The van der Waals surface area contributed by atoms with Crippen molar-refractivity contribution in [2.24, 2.45) is 0 Å². The minimum atomic E-state index is -0.703. The number of nitrogens with one attached hydrogen (secondary N) is 1. The first-order valence-electron chi connectivity index (χ1n) is 8.60. The number of benzene rings is 1. The molecule has 0 radical (unpaired) electrons. The number of ether oxygens (including phenoxy) is 3. The summed E-state index contributed by atoms with van der Waals surface area (Å²) in [7, 11) is 1.17. The number of Topliss-reactive ketones (excluding diaryl/α,β-unsaturated/α-hetero) is 1.